The largest absolute Gasteiger partial charge is 0.494 e. The topological polar surface area (TPSA) is 75.7 Å². The van der Waals surface area contributed by atoms with Crippen LogP contribution in [0.1, 0.15) is 36.5 Å². The maximum atomic E-state index is 13.0. The molecular formula is C22H27FN2O4S. The Morgan fingerprint density at radius 2 is 1.73 bits per heavy atom. The summed E-state index contributed by atoms with van der Waals surface area (Å²) in [5, 5.41) is 0. The van der Waals surface area contributed by atoms with Gasteiger partial charge in [0.1, 0.15) is 11.6 Å². The van der Waals surface area contributed by atoms with Crippen LogP contribution in [0.3, 0.4) is 0 Å². The minimum Gasteiger partial charge on any atom is -0.494 e. The third-order valence-electron chi connectivity index (χ3n) is 5.28. The lowest BCUT2D eigenvalue weighted by molar-refractivity contribution is 0.0687. The Hall–Kier alpha value is -2.45. The first-order valence-electron chi connectivity index (χ1n) is 10.2. The second kappa shape index (κ2) is 10.0. The van der Waals surface area contributed by atoms with Gasteiger partial charge in [-0.2, -0.15) is 0 Å². The first-order chi connectivity index (χ1) is 14.4. The van der Waals surface area contributed by atoms with Crippen LogP contribution < -0.4 is 9.46 Å². The zero-order valence-electron chi connectivity index (χ0n) is 17.0. The number of nitrogens with zero attached hydrogens (tertiary/aromatic N) is 1. The van der Waals surface area contributed by atoms with E-state index in [0.29, 0.717) is 43.5 Å². The van der Waals surface area contributed by atoms with Crippen molar-refractivity contribution in [1.29, 1.82) is 0 Å². The molecule has 0 unspecified atom stereocenters. The van der Waals surface area contributed by atoms with Gasteiger partial charge in [-0.3, -0.25) is 4.79 Å². The van der Waals surface area contributed by atoms with E-state index in [-0.39, 0.29) is 16.6 Å². The molecule has 0 saturated carbocycles. The number of piperidine rings is 1. The smallest absolute Gasteiger partial charge is 0.253 e. The first-order valence-corrected chi connectivity index (χ1v) is 11.6. The monoisotopic (exact) mass is 434 g/mol. The van der Waals surface area contributed by atoms with Crippen LogP contribution in [0.5, 0.6) is 5.75 Å². The zero-order chi connectivity index (χ0) is 21.6. The normalized spacial score (nSPS) is 15.2. The number of ether oxygens (including phenoxy) is 1. The Morgan fingerprint density at radius 1 is 1.10 bits per heavy atom. The van der Waals surface area contributed by atoms with E-state index in [4.69, 9.17) is 4.74 Å². The average Bonchev–Trinajstić information content (AvgIpc) is 2.75. The van der Waals surface area contributed by atoms with Crippen molar-refractivity contribution in [3.63, 3.8) is 0 Å². The summed E-state index contributed by atoms with van der Waals surface area (Å²) in [6.07, 6.45) is 2.35. The second-order valence-electron chi connectivity index (χ2n) is 7.33. The molecule has 8 heteroatoms. The fourth-order valence-electron chi connectivity index (χ4n) is 3.56. The van der Waals surface area contributed by atoms with Gasteiger partial charge in [0.2, 0.25) is 10.0 Å². The molecule has 1 heterocycles. The molecular weight excluding hydrogens is 407 g/mol. The molecule has 1 fully saturated rings. The van der Waals surface area contributed by atoms with E-state index in [0.717, 1.165) is 19.3 Å². The predicted octanol–water partition coefficient (Wildman–Crippen LogP) is 3.45. The summed E-state index contributed by atoms with van der Waals surface area (Å²) in [6, 6.07) is 11.9. The maximum Gasteiger partial charge on any atom is 0.253 e. The van der Waals surface area contributed by atoms with Gasteiger partial charge >= 0.3 is 0 Å². The van der Waals surface area contributed by atoms with Crippen molar-refractivity contribution in [1.82, 2.24) is 9.62 Å². The van der Waals surface area contributed by atoms with Gasteiger partial charge in [0.25, 0.3) is 5.91 Å². The summed E-state index contributed by atoms with van der Waals surface area (Å²) in [5.41, 5.74) is 0.484. The number of rotatable bonds is 8. The summed E-state index contributed by atoms with van der Waals surface area (Å²) >= 11 is 0. The molecule has 0 radical (unpaired) electrons. The van der Waals surface area contributed by atoms with E-state index >= 15 is 0 Å². The molecule has 2 aromatic carbocycles. The summed E-state index contributed by atoms with van der Waals surface area (Å²) < 4.78 is 45.9. The van der Waals surface area contributed by atoms with E-state index in [1.807, 2.05) is 6.92 Å². The number of hydrogen-bond donors (Lipinski definition) is 1. The molecule has 0 spiro atoms. The van der Waals surface area contributed by atoms with Gasteiger partial charge in [0.05, 0.1) is 11.5 Å². The molecule has 0 aromatic heterocycles. The van der Waals surface area contributed by atoms with Gasteiger partial charge < -0.3 is 9.64 Å². The zero-order valence-corrected chi connectivity index (χ0v) is 17.8. The number of amides is 1. The molecule has 3 rings (SSSR count). The first kappa shape index (κ1) is 22.2. The van der Waals surface area contributed by atoms with Crippen LogP contribution in [0, 0.1) is 11.7 Å². The number of nitrogens with one attached hydrogen (secondary N) is 1. The Labute approximate surface area is 177 Å². The summed E-state index contributed by atoms with van der Waals surface area (Å²) in [7, 11) is -3.56. The summed E-state index contributed by atoms with van der Waals surface area (Å²) in [5.74, 6) is 0.534. The minimum atomic E-state index is -3.56. The Morgan fingerprint density at radius 3 is 2.33 bits per heavy atom. The lowest BCUT2D eigenvalue weighted by atomic mass is 9.93. The quantitative estimate of drug-likeness (QED) is 0.691. The molecule has 0 aliphatic carbocycles. The second-order valence-corrected chi connectivity index (χ2v) is 9.10. The highest BCUT2D eigenvalue weighted by Gasteiger charge is 2.24. The highest BCUT2D eigenvalue weighted by molar-refractivity contribution is 7.89. The fourth-order valence-corrected chi connectivity index (χ4v) is 4.61. The maximum absolute atomic E-state index is 13.0. The van der Waals surface area contributed by atoms with Crippen LogP contribution in [0.15, 0.2) is 53.4 Å². The van der Waals surface area contributed by atoms with Crippen molar-refractivity contribution in [3.05, 3.63) is 59.9 Å². The predicted molar refractivity (Wildman–Crippen MR) is 112 cm³/mol. The molecule has 30 heavy (non-hydrogen) atoms. The number of likely N-dealkylation sites (tertiary alicyclic amines) is 1. The molecule has 1 aliphatic heterocycles. The van der Waals surface area contributed by atoms with Crippen LogP contribution in [0.25, 0.3) is 0 Å². The van der Waals surface area contributed by atoms with Crippen molar-refractivity contribution in [2.75, 3.05) is 26.2 Å². The Bertz CT molecular complexity index is 938. The number of sulfonamides is 1. The molecule has 0 bridgehead atoms. The number of halogens is 1. The lowest BCUT2D eigenvalue weighted by Gasteiger charge is -2.32. The van der Waals surface area contributed by atoms with Gasteiger partial charge in [0, 0.05) is 25.2 Å². The number of carbonyl (C=O) groups is 1. The van der Waals surface area contributed by atoms with Crippen LogP contribution in [-0.4, -0.2) is 45.5 Å². The lowest BCUT2D eigenvalue weighted by Crippen LogP contribution is -2.39. The summed E-state index contributed by atoms with van der Waals surface area (Å²) in [4.78, 5) is 14.5. The SMILES string of the molecule is CCOc1ccc(S(=O)(=O)NCCC2CCN(C(=O)c3ccc(F)cc3)CC2)cc1. The van der Waals surface area contributed by atoms with Gasteiger partial charge in [0.15, 0.2) is 0 Å². The highest BCUT2D eigenvalue weighted by atomic mass is 32.2. The minimum absolute atomic E-state index is 0.0929. The summed E-state index contributed by atoms with van der Waals surface area (Å²) in [6.45, 7) is 3.99. The van der Waals surface area contributed by atoms with Gasteiger partial charge in [-0.25, -0.2) is 17.5 Å². The van der Waals surface area contributed by atoms with E-state index < -0.39 is 10.0 Å². The number of hydrogen-bond acceptors (Lipinski definition) is 4. The fraction of sp³-hybridized carbons (Fsp3) is 0.409. The molecule has 0 atom stereocenters. The standard InChI is InChI=1S/C22H27FN2O4S/c1-2-29-20-7-9-21(10-8-20)30(27,28)24-14-11-17-12-15-25(16-13-17)22(26)18-3-5-19(23)6-4-18/h3-10,17,24H,2,11-16H2,1H3. The van der Waals surface area contributed by atoms with Crippen LogP contribution in [-0.2, 0) is 10.0 Å². The Balaban J connectivity index is 1.44. The number of benzene rings is 2. The van der Waals surface area contributed by atoms with Gasteiger partial charge in [-0.05, 0) is 80.6 Å². The van der Waals surface area contributed by atoms with Gasteiger partial charge in [-0.1, -0.05) is 0 Å². The highest BCUT2D eigenvalue weighted by Crippen LogP contribution is 2.22. The van der Waals surface area contributed by atoms with Crippen molar-refractivity contribution < 1.29 is 22.3 Å². The van der Waals surface area contributed by atoms with E-state index in [1.54, 1.807) is 17.0 Å². The van der Waals surface area contributed by atoms with Gasteiger partial charge in [-0.15, -0.1) is 0 Å². The van der Waals surface area contributed by atoms with Crippen molar-refractivity contribution in [2.45, 2.75) is 31.1 Å². The van der Waals surface area contributed by atoms with E-state index in [1.165, 1.54) is 36.4 Å². The third kappa shape index (κ3) is 5.79. The number of carbonyl (C=O) groups excluding carboxylic acids is 1. The molecule has 6 nitrogen and oxygen atoms in total. The molecule has 1 saturated heterocycles. The molecule has 1 aliphatic rings. The average molecular weight is 435 g/mol. The van der Waals surface area contributed by atoms with Crippen molar-refractivity contribution >= 4 is 15.9 Å². The van der Waals surface area contributed by atoms with E-state index in [9.17, 15) is 17.6 Å². The van der Waals surface area contributed by atoms with Crippen LogP contribution in [0.4, 0.5) is 4.39 Å². The van der Waals surface area contributed by atoms with Crippen molar-refractivity contribution in [2.24, 2.45) is 5.92 Å². The molecule has 1 amide bonds. The molecule has 2 aromatic rings. The van der Waals surface area contributed by atoms with Crippen LogP contribution in [0.2, 0.25) is 0 Å². The third-order valence-corrected chi connectivity index (χ3v) is 6.76. The van der Waals surface area contributed by atoms with Crippen LogP contribution >= 0.6 is 0 Å². The Kier molecular flexibility index (Phi) is 7.44. The van der Waals surface area contributed by atoms with Crippen molar-refractivity contribution in [3.8, 4) is 5.75 Å². The molecule has 162 valence electrons. The molecule has 1 N–H and O–H groups in total. The van der Waals surface area contributed by atoms with E-state index in [2.05, 4.69) is 4.72 Å².